The van der Waals surface area contributed by atoms with E-state index < -0.39 is 24.3 Å². The Kier molecular flexibility index (Phi) is 5.41. The average Bonchev–Trinajstić information content (AvgIpc) is 3.47. The number of benzene rings is 1. The molecule has 1 aliphatic heterocycles. The van der Waals surface area contributed by atoms with Crippen LogP contribution >= 0.6 is 11.3 Å². The van der Waals surface area contributed by atoms with Crippen LogP contribution in [0.25, 0.3) is 16.3 Å². The van der Waals surface area contributed by atoms with E-state index in [0.29, 0.717) is 27.5 Å². The lowest BCUT2D eigenvalue weighted by Crippen LogP contribution is -2.40. The molecule has 2 aromatic heterocycles. The van der Waals surface area contributed by atoms with Crippen LogP contribution in [0, 0.1) is 11.3 Å². The SMILES string of the molecule is FC(F)(F)Cc1cc2c(N3CCC4(CC(Cc5ccc6c(c5)CC(C(F)(F)F)=C6)C4)C3)ncnc2s1. The van der Waals surface area contributed by atoms with Crippen LogP contribution in [0.2, 0.25) is 0 Å². The Morgan fingerprint density at radius 3 is 2.61 bits per heavy atom. The van der Waals surface area contributed by atoms with Crippen molar-refractivity contribution in [1.29, 1.82) is 0 Å². The summed E-state index contributed by atoms with van der Waals surface area (Å²) >= 11 is 1.06. The first-order valence-electron chi connectivity index (χ1n) is 11.9. The number of anilines is 1. The highest BCUT2D eigenvalue weighted by molar-refractivity contribution is 7.18. The molecular formula is C26H23F6N3S. The average molecular weight is 524 g/mol. The molecule has 3 aromatic rings. The predicted molar refractivity (Wildman–Crippen MR) is 127 cm³/mol. The Labute approximate surface area is 207 Å². The molecule has 36 heavy (non-hydrogen) atoms. The maximum atomic E-state index is 13.1. The lowest BCUT2D eigenvalue weighted by Gasteiger charge is -2.45. The number of rotatable bonds is 4. The first kappa shape index (κ1) is 23.8. The molecule has 3 heterocycles. The van der Waals surface area contributed by atoms with Crippen molar-refractivity contribution in [3.8, 4) is 0 Å². The fourth-order valence-corrected chi connectivity index (χ4v) is 7.25. The fourth-order valence-electron chi connectivity index (χ4n) is 6.23. The molecule has 2 fully saturated rings. The molecule has 3 aliphatic rings. The standard InChI is InChI=1S/C26H23F6N3S/c27-25(28,29)12-20-9-21-22(33-14-34-23(21)36-20)35-4-3-24(13-35)10-16(11-24)5-15-1-2-17-7-19(26(30,31)32)8-18(17)6-15/h1-2,6-7,9,14,16H,3-5,8,10-13H2. The largest absolute Gasteiger partial charge is 0.413 e. The van der Waals surface area contributed by atoms with E-state index in [1.54, 1.807) is 12.1 Å². The Morgan fingerprint density at radius 1 is 1.06 bits per heavy atom. The minimum absolute atomic E-state index is 0.0586. The number of aromatic nitrogens is 2. The number of hydrogen-bond donors (Lipinski definition) is 0. The van der Waals surface area contributed by atoms with Crippen LogP contribution in [-0.4, -0.2) is 35.4 Å². The predicted octanol–water partition coefficient (Wildman–Crippen LogP) is 7.15. The Balaban J connectivity index is 1.10. The highest BCUT2D eigenvalue weighted by Crippen LogP contribution is 2.54. The molecular weight excluding hydrogens is 500 g/mol. The van der Waals surface area contributed by atoms with Gasteiger partial charge in [0.2, 0.25) is 0 Å². The van der Waals surface area contributed by atoms with Crippen molar-refractivity contribution < 1.29 is 26.3 Å². The normalized spacial score (nSPS) is 23.9. The van der Waals surface area contributed by atoms with Gasteiger partial charge in [-0.1, -0.05) is 18.2 Å². The van der Waals surface area contributed by atoms with Gasteiger partial charge in [0.1, 0.15) is 17.0 Å². The minimum Gasteiger partial charge on any atom is -0.355 e. The minimum atomic E-state index is -4.29. The second kappa shape index (κ2) is 8.19. The van der Waals surface area contributed by atoms with E-state index in [1.807, 2.05) is 12.1 Å². The van der Waals surface area contributed by atoms with E-state index in [2.05, 4.69) is 14.9 Å². The molecule has 0 radical (unpaired) electrons. The molecule has 0 unspecified atom stereocenters. The first-order valence-corrected chi connectivity index (χ1v) is 12.7. The Bertz CT molecular complexity index is 1350. The third-order valence-corrected chi connectivity index (χ3v) is 8.76. The zero-order valence-electron chi connectivity index (χ0n) is 19.2. The molecule has 6 rings (SSSR count). The number of alkyl halides is 6. The second-order valence-corrected chi connectivity index (χ2v) is 11.6. The van der Waals surface area contributed by atoms with Gasteiger partial charge >= 0.3 is 12.4 Å². The quantitative estimate of drug-likeness (QED) is 0.340. The molecule has 1 spiro atoms. The summed E-state index contributed by atoms with van der Waals surface area (Å²) in [6, 6.07) is 7.23. The summed E-state index contributed by atoms with van der Waals surface area (Å²) in [6.07, 6.45) is -2.99. The van der Waals surface area contributed by atoms with E-state index in [9.17, 15) is 26.3 Å². The number of hydrogen-bond acceptors (Lipinski definition) is 4. The van der Waals surface area contributed by atoms with Gasteiger partial charge in [0.25, 0.3) is 0 Å². The molecule has 3 nitrogen and oxygen atoms in total. The van der Waals surface area contributed by atoms with Crippen molar-refractivity contribution in [2.45, 2.75) is 50.9 Å². The summed E-state index contributed by atoms with van der Waals surface area (Å²) in [6.45, 7) is 1.61. The van der Waals surface area contributed by atoms with Crippen LogP contribution in [0.15, 0.2) is 36.2 Å². The first-order chi connectivity index (χ1) is 17.0. The summed E-state index contributed by atoms with van der Waals surface area (Å²) in [5.41, 5.74) is 2.15. The molecule has 0 bridgehead atoms. The lowest BCUT2D eigenvalue weighted by molar-refractivity contribution is -0.126. The third kappa shape index (κ3) is 4.48. The van der Waals surface area contributed by atoms with E-state index >= 15 is 0 Å². The molecule has 2 aliphatic carbocycles. The smallest absolute Gasteiger partial charge is 0.355 e. The monoisotopic (exact) mass is 523 g/mol. The van der Waals surface area contributed by atoms with Gasteiger partial charge in [-0.3, -0.25) is 0 Å². The summed E-state index contributed by atoms with van der Waals surface area (Å²) in [5, 5.41) is 0.680. The Morgan fingerprint density at radius 2 is 1.86 bits per heavy atom. The van der Waals surface area contributed by atoms with Crippen molar-refractivity contribution in [1.82, 2.24) is 9.97 Å². The van der Waals surface area contributed by atoms with Crippen LogP contribution in [0.5, 0.6) is 0 Å². The molecule has 1 saturated heterocycles. The lowest BCUT2D eigenvalue weighted by atomic mass is 9.60. The van der Waals surface area contributed by atoms with E-state index in [4.69, 9.17) is 0 Å². The van der Waals surface area contributed by atoms with Crippen molar-refractivity contribution in [2.75, 3.05) is 18.0 Å². The van der Waals surface area contributed by atoms with Crippen LogP contribution < -0.4 is 4.90 Å². The van der Waals surface area contributed by atoms with Gasteiger partial charge in [-0.15, -0.1) is 11.3 Å². The van der Waals surface area contributed by atoms with Gasteiger partial charge in [-0.25, -0.2) is 9.97 Å². The fraction of sp³-hybridized carbons (Fsp3) is 0.462. The summed E-state index contributed by atoms with van der Waals surface area (Å²) < 4.78 is 77.7. The molecule has 0 N–H and O–H groups in total. The maximum absolute atomic E-state index is 13.1. The highest BCUT2D eigenvalue weighted by atomic mass is 32.1. The summed E-state index contributed by atoms with van der Waals surface area (Å²) in [5.74, 6) is 1.18. The van der Waals surface area contributed by atoms with Crippen LogP contribution in [0.3, 0.4) is 0 Å². The molecule has 10 heteroatoms. The van der Waals surface area contributed by atoms with E-state index in [1.165, 1.54) is 12.4 Å². The van der Waals surface area contributed by atoms with Gasteiger partial charge in [0.15, 0.2) is 0 Å². The van der Waals surface area contributed by atoms with Gasteiger partial charge in [0, 0.05) is 30.0 Å². The number of thiophene rings is 1. The third-order valence-electron chi connectivity index (χ3n) is 7.72. The topological polar surface area (TPSA) is 29.0 Å². The van der Waals surface area contributed by atoms with Crippen LogP contribution in [0.4, 0.5) is 32.2 Å². The van der Waals surface area contributed by atoms with Crippen molar-refractivity contribution >= 4 is 33.4 Å². The van der Waals surface area contributed by atoms with Crippen LogP contribution in [-0.2, 0) is 19.3 Å². The van der Waals surface area contributed by atoms with Gasteiger partial charge in [-0.05, 0) is 65.8 Å². The molecule has 1 saturated carbocycles. The zero-order valence-corrected chi connectivity index (χ0v) is 20.0. The van der Waals surface area contributed by atoms with E-state index in [-0.39, 0.29) is 16.7 Å². The summed E-state index contributed by atoms with van der Waals surface area (Å²) in [7, 11) is 0. The van der Waals surface area contributed by atoms with Crippen molar-refractivity contribution in [2.24, 2.45) is 11.3 Å². The number of fused-ring (bicyclic) bond motifs is 2. The van der Waals surface area contributed by atoms with Crippen molar-refractivity contribution in [3.05, 3.63) is 57.7 Å². The van der Waals surface area contributed by atoms with Crippen molar-refractivity contribution in [3.63, 3.8) is 0 Å². The van der Waals surface area contributed by atoms with Gasteiger partial charge in [-0.2, -0.15) is 26.3 Å². The zero-order chi connectivity index (χ0) is 25.3. The number of halogens is 6. The Hall–Kier alpha value is -2.62. The molecule has 0 amide bonds. The van der Waals surface area contributed by atoms with Gasteiger partial charge in [0.05, 0.1) is 11.8 Å². The molecule has 190 valence electrons. The highest BCUT2D eigenvalue weighted by Gasteiger charge is 2.48. The summed E-state index contributed by atoms with van der Waals surface area (Å²) in [4.78, 5) is 11.6. The second-order valence-electron chi connectivity index (χ2n) is 10.4. The maximum Gasteiger partial charge on any atom is 0.413 e. The molecule has 0 atom stereocenters. The van der Waals surface area contributed by atoms with Crippen LogP contribution in [0.1, 0.15) is 40.8 Å². The number of nitrogens with zero attached hydrogens (tertiary/aromatic N) is 3. The van der Waals surface area contributed by atoms with E-state index in [0.717, 1.165) is 61.2 Å². The van der Waals surface area contributed by atoms with Gasteiger partial charge < -0.3 is 4.90 Å². The molecule has 1 aromatic carbocycles. The number of allylic oxidation sites excluding steroid dienone is 1.